The largest absolute Gasteiger partial charge is 0.493 e. The minimum Gasteiger partial charge on any atom is -0.493 e. The Kier molecular flexibility index (Phi) is 9.80. The molecule has 4 aromatic rings. The maximum absolute atomic E-state index is 12.7. The van der Waals surface area contributed by atoms with Crippen molar-refractivity contribution < 1.29 is 33.6 Å². The summed E-state index contributed by atoms with van der Waals surface area (Å²) in [6, 6.07) is 24.2. The number of ether oxygens (including phenoxy) is 4. The molecule has 0 aliphatic rings. The highest BCUT2D eigenvalue weighted by Gasteiger charge is 2.14. The average molecular weight is 575 g/mol. The molecule has 0 heterocycles. The minimum absolute atomic E-state index is 0.152. The molecule has 0 aromatic heterocycles. The summed E-state index contributed by atoms with van der Waals surface area (Å²) >= 11 is 6.44. The number of methoxy groups -OCH3 is 2. The third-order valence-corrected chi connectivity index (χ3v) is 6.16. The molecule has 0 aliphatic heterocycles. The molecule has 0 radical (unpaired) electrons. The van der Waals surface area contributed by atoms with Gasteiger partial charge >= 0.3 is 5.97 Å². The van der Waals surface area contributed by atoms with Gasteiger partial charge in [-0.25, -0.2) is 10.2 Å². The first-order valence-corrected chi connectivity index (χ1v) is 12.8. The second-order valence-electron chi connectivity index (χ2n) is 8.66. The lowest BCUT2D eigenvalue weighted by molar-refractivity contribution is 0.0696. The van der Waals surface area contributed by atoms with Gasteiger partial charge in [0, 0.05) is 5.56 Å². The molecule has 0 atom stereocenters. The molecule has 4 aromatic carbocycles. The predicted octanol–water partition coefficient (Wildman–Crippen LogP) is 5.98. The highest BCUT2D eigenvalue weighted by molar-refractivity contribution is 6.32. The number of rotatable bonds is 12. The van der Waals surface area contributed by atoms with E-state index in [4.69, 9.17) is 35.7 Å². The van der Waals surface area contributed by atoms with Crippen molar-refractivity contribution in [3.8, 4) is 23.0 Å². The minimum atomic E-state index is -1.00. The highest BCUT2D eigenvalue weighted by atomic mass is 35.5. The van der Waals surface area contributed by atoms with E-state index in [1.165, 1.54) is 32.6 Å². The summed E-state index contributed by atoms with van der Waals surface area (Å²) in [5.41, 5.74) is 5.33. The Morgan fingerprint density at radius 1 is 0.805 bits per heavy atom. The Bertz CT molecular complexity index is 1540. The number of nitrogens with one attached hydrogen (secondary N) is 1. The Labute approximate surface area is 241 Å². The van der Waals surface area contributed by atoms with Crippen LogP contribution in [0.15, 0.2) is 90.0 Å². The fourth-order valence-electron chi connectivity index (χ4n) is 3.75. The van der Waals surface area contributed by atoms with Crippen LogP contribution in [0.25, 0.3) is 0 Å². The molecule has 0 saturated heterocycles. The number of nitrogens with zero attached hydrogens (tertiary/aromatic N) is 1. The summed E-state index contributed by atoms with van der Waals surface area (Å²) in [4.78, 5) is 23.7. The third kappa shape index (κ3) is 7.77. The third-order valence-electron chi connectivity index (χ3n) is 5.88. The Morgan fingerprint density at radius 3 is 2.15 bits per heavy atom. The normalized spacial score (nSPS) is 10.7. The van der Waals surface area contributed by atoms with Gasteiger partial charge in [0.05, 0.1) is 31.0 Å². The number of aromatic carboxylic acids is 1. The van der Waals surface area contributed by atoms with Gasteiger partial charge in [0.2, 0.25) is 0 Å². The molecule has 210 valence electrons. The fraction of sp³-hybridized carbons (Fsp3) is 0.129. The monoisotopic (exact) mass is 574 g/mol. The number of carbonyl (C=O) groups is 2. The second kappa shape index (κ2) is 13.9. The molecule has 0 unspecified atom stereocenters. The van der Waals surface area contributed by atoms with Gasteiger partial charge in [0.25, 0.3) is 5.91 Å². The standard InChI is InChI=1S/C31H27ClN2O7/c1-38-27-16-24(12-13-26(27)40-18-20-6-4-3-5-7-20)30(35)34-33-17-22-14-25(32)29(28(15-22)39-2)41-19-21-8-10-23(11-9-21)31(36)37/h3-17H,18-19H2,1-2H3,(H,34,35)(H,36,37)/b33-17+. The first-order valence-electron chi connectivity index (χ1n) is 12.4. The summed E-state index contributed by atoms with van der Waals surface area (Å²) in [6.07, 6.45) is 1.43. The second-order valence-corrected chi connectivity index (χ2v) is 9.07. The van der Waals surface area contributed by atoms with E-state index in [1.54, 1.807) is 42.5 Å². The molecular weight excluding hydrogens is 548 g/mol. The lowest BCUT2D eigenvalue weighted by Gasteiger charge is -2.13. The zero-order valence-electron chi connectivity index (χ0n) is 22.3. The quantitative estimate of drug-likeness (QED) is 0.158. The molecule has 1 amide bonds. The molecule has 0 aliphatic carbocycles. The number of carboxylic acid groups (broad SMARTS) is 1. The molecule has 0 saturated carbocycles. The molecular formula is C31H27ClN2O7. The molecule has 41 heavy (non-hydrogen) atoms. The van der Waals surface area contributed by atoms with Crippen molar-refractivity contribution in [2.75, 3.05) is 14.2 Å². The van der Waals surface area contributed by atoms with Gasteiger partial charge in [0.1, 0.15) is 13.2 Å². The van der Waals surface area contributed by atoms with E-state index >= 15 is 0 Å². The predicted molar refractivity (Wildman–Crippen MR) is 155 cm³/mol. The van der Waals surface area contributed by atoms with Crippen molar-refractivity contribution in [1.82, 2.24) is 5.43 Å². The Hall–Kier alpha value is -5.02. The van der Waals surface area contributed by atoms with Crippen LogP contribution in [0.4, 0.5) is 0 Å². The van der Waals surface area contributed by atoms with Gasteiger partial charge < -0.3 is 24.1 Å². The fourth-order valence-corrected chi connectivity index (χ4v) is 4.02. The van der Waals surface area contributed by atoms with Crippen LogP contribution < -0.4 is 24.4 Å². The zero-order valence-corrected chi connectivity index (χ0v) is 23.1. The van der Waals surface area contributed by atoms with Crippen LogP contribution in [0.1, 0.15) is 37.4 Å². The van der Waals surface area contributed by atoms with E-state index in [0.717, 1.165) is 11.1 Å². The number of halogens is 1. The zero-order chi connectivity index (χ0) is 29.2. The maximum atomic E-state index is 12.7. The number of hydrazone groups is 1. The lowest BCUT2D eigenvalue weighted by Crippen LogP contribution is -2.17. The van der Waals surface area contributed by atoms with Gasteiger partial charge in [-0.3, -0.25) is 4.79 Å². The van der Waals surface area contributed by atoms with Crippen molar-refractivity contribution >= 4 is 29.7 Å². The van der Waals surface area contributed by atoms with E-state index in [2.05, 4.69) is 10.5 Å². The van der Waals surface area contributed by atoms with Gasteiger partial charge in [0.15, 0.2) is 23.0 Å². The Balaban J connectivity index is 1.38. The summed E-state index contributed by atoms with van der Waals surface area (Å²) in [5.74, 6) is 0.168. The van der Waals surface area contributed by atoms with Gasteiger partial charge in [-0.2, -0.15) is 5.10 Å². The van der Waals surface area contributed by atoms with Crippen molar-refractivity contribution in [3.05, 3.63) is 118 Å². The van der Waals surface area contributed by atoms with E-state index in [1.807, 2.05) is 30.3 Å². The molecule has 10 heteroatoms. The van der Waals surface area contributed by atoms with Crippen LogP contribution >= 0.6 is 11.6 Å². The van der Waals surface area contributed by atoms with E-state index in [9.17, 15) is 9.59 Å². The molecule has 4 rings (SSSR count). The number of hydrogen-bond donors (Lipinski definition) is 2. The van der Waals surface area contributed by atoms with E-state index in [0.29, 0.717) is 40.7 Å². The van der Waals surface area contributed by atoms with Crippen molar-refractivity contribution in [1.29, 1.82) is 0 Å². The first-order chi connectivity index (χ1) is 19.9. The molecule has 0 fully saturated rings. The Morgan fingerprint density at radius 2 is 1.46 bits per heavy atom. The van der Waals surface area contributed by atoms with Crippen LogP contribution in [0.5, 0.6) is 23.0 Å². The topological polar surface area (TPSA) is 116 Å². The van der Waals surface area contributed by atoms with Crippen LogP contribution in [0.2, 0.25) is 5.02 Å². The number of carbonyl (C=O) groups excluding carboxylic acids is 1. The van der Waals surface area contributed by atoms with Crippen molar-refractivity contribution in [3.63, 3.8) is 0 Å². The van der Waals surface area contributed by atoms with Crippen LogP contribution in [0, 0.1) is 0 Å². The number of amides is 1. The smallest absolute Gasteiger partial charge is 0.335 e. The summed E-state index contributed by atoms with van der Waals surface area (Å²) in [7, 11) is 2.98. The average Bonchev–Trinajstić information content (AvgIpc) is 2.99. The summed E-state index contributed by atoms with van der Waals surface area (Å²) in [6.45, 7) is 0.516. The van der Waals surface area contributed by atoms with Crippen molar-refractivity contribution in [2.24, 2.45) is 5.10 Å². The number of carboxylic acids is 1. The molecule has 0 bridgehead atoms. The highest BCUT2D eigenvalue weighted by Crippen LogP contribution is 2.36. The van der Waals surface area contributed by atoms with Gasteiger partial charge in [-0.05, 0) is 59.2 Å². The van der Waals surface area contributed by atoms with E-state index in [-0.39, 0.29) is 17.2 Å². The maximum Gasteiger partial charge on any atom is 0.335 e. The first kappa shape index (κ1) is 29.0. The molecule has 9 nitrogen and oxygen atoms in total. The molecule has 0 spiro atoms. The van der Waals surface area contributed by atoms with Crippen molar-refractivity contribution in [2.45, 2.75) is 13.2 Å². The summed E-state index contributed by atoms with van der Waals surface area (Å²) < 4.78 is 22.5. The number of benzene rings is 4. The van der Waals surface area contributed by atoms with Gasteiger partial charge in [-0.15, -0.1) is 0 Å². The van der Waals surface area contributed by atoms with Crippen LogP contribution in [0.3, 0.4) is 0 Å². The van der Waals surface area contributed by atoms with E-state index < -0.39 is 11.9 Å². The van der Waals surface area contributed by atoms with Crippen LogP contribution in [-0.2, 0) is 13.2 Å². The van der Waals surface area contributed by atoms with Gasteiger partial charge in [-0.1, -0.05) is 54.1 Å². The lowest BCUT2D eigenvalue weighted by atomic mass is 10.1. The SMILES string of the molecule is COc1cc(C(=O)N/N=C/c2cc(Cl)c(OCc3ccc(C(=O)O)cc3)c(OC)c2)ccc1OCc1ccccc1. The summed E-state index contributed by atoms with van der Waals surface area (Å²) in [5, 5.41) is 13.3. The molecule has 2 N–H and O–H groups in total. The van der Waals surface area contributed by atoms with Crippen LogP contribution in [-0.4, -0.2) is 37.4 Å². The number of hydrogen-bond acceptors (Lipinski definition) is 7.